The van der Waals surface area contributed by atoms with Gasteiger partial charge in [0.2, 0.25) is 5.28 Å². The molecule has 0 aromatic carbocycles. The summed E-state index contributed by atoms with van der Waals surface area (Å²) in [6.07, 6.45) is 1.02. The number of nitrogens with one attached hydrogen (secondary N) is 1. The normalized spacial score (nSPS) is 18.0. The van der Waals surface area contributed by atoms with Crippen LogP contribution in [0.15, 0.2) is 16.7 Å². The zero-order chi connectivity index (χ0) is 16.4. The van der Waals surface area contributed by atoms with Crippen LogP contribution in [0.4, 0.5) is 14.6 Å². The molecule has 0 amide bonds. The Kier molecular flexibility index (Phi) is 4.68. The molecule has 1 saturated heterocycles. The highest BCUT2D eigenvalue weighted by Gasteiger charge is 2.31. The largest absolute Gasteiger partial charge is 0.459 e. The van der Waals surface area contributed by atoms with Gasteiger partial charge in [-0.2, -0.15) is 4.98 Å². The number of anilines is 1. The number of alkyl halides is 2. The monoisotopic (exact) mass is 344 g/mol. The fourth-order valence-electron chi connectivity index (χ4n) is 2.95. The number of rotatable bonds is 5. The van der Waals surface area contributed by atoms with Crippen LogP contribution < -0.4 is 10.2 Å². The molecular weight excluding hydrogens is 326 g/mol. The molecule has 0 atom stereocenters. The molecule has 1 fully saturated rings. The van der Waals surface area contributed by atoms with Gasteiger partial charge in [0, 0.05) is 25.7 Å². The van der Waals surface area contributed by atoms with E-state index in [1.165, 1.54) is 0 Å². The van der Waals surface area contributed by atoms with Crippen LogP contribution in [0.5, 0.6) is 0 Å². The minimum atomic E-state index is -2.31. The van der Waals surface area contributed by atoms with E-state index in [1.807, 2.05) is 0 Å². The lowest BCUT2D eigenvalue weighted by atomic mass is 9.80. The first kappa shape index (κ1) is 16.4. The summed E-state index contributed by atoms with van der Waals surface area (Å²) in [7, 11) is 0. The molecule has 0 saturated carbocycles. The number of fused-ring (bicyclic) bond motifs is 1. The van der Waals surface area contributed by atoms with Gasteiger partial charge in [0.1, 0.15) is 5.52 Å². The first-order chi connectivity index (χ1) is 11.0. The van der Waals surface area contributed by atoms with E-state index in [2.05, 4.69) is 27.1 Å². The summed E-state index contributed by atoms with van der Waals surface area (Å²) >= 11 is 5.98. The van der Waals surface area contributed by atoms with Crippen LogP contribution in [0.2, 0.25) is 5.28 Å². The van der Waals surface area contributed by atoms with Crippen molar-refractivity contribution in [3.8, 4) is 0 Å². The van der Waals surface area contributed by atoms with Crippen molar-refractivity contribution in [2.75, 3.05) is 31.1 Å². The maximum Gasteiger partial charge on any atom is 0.250 e. The van der Waals surface area contributed by atoms with E-state index in [1.54, 1.807) is 12.3 Å². The fraction of sp³-hybridized carbons (Fsp3) is 0.600. The van der Waals surface area contributed by atoms with Crippen LogP contribution in [0.3, 0.4) is 0 Å². The second-order valence-corrected chi connectivity index (χ2v) is 6.61. The molecule has 0 unspecified atom stereocenters. The smallest absolute Gasteiger partial charge is 0.250 e. The predicted octanol–water partition coefficient (Wildman–Crippen LogP) is 3.34. The van der Waals surface area contributed by atoms with Crippen LogP contribution in [0, 0.1) is 5.41 Å². The molecule has 126 valence electrons. The Hall–Kier alpha value is -1.47. The Morgan fingerprint density at radius 2 is 2.13 bits per heavy atom. The molecular formula is C15H19ClF2N4O. The van der Waals surface area contributed by atoms with Crippen molar-refractivity contribution < 1.29 is 13.2 Å². The molecule has 2 aromatic rings. The zero-order valence-electron chi connectivity index (χ0n) is 12.9. The maximum absolute atomic E-state index is 12.2. The van der Waals surface area contributed by atoms with Crippen LogP contribution in [-0.4, -0.2) is 42.6 Å². The molecule has 1 N–H and O–H groups in total. The summed E-state index contributed by atoms with van der Waals surface area (Å²) in [4.78, 5) is 10.6. The summed E-state index contributed by atoms with van der Waals surface area (Å²) < 4.78 is 30.0. The van der Waals surface area contributed by atoms with Gasteiger partial charge in [-0.05, 0) is 29.9 Å². The van der Waals surface area contributed by atoms with Gasteiger partial charge in [-0.25, -0.2) is 13.8 Å². The molecule has 5 nitrogen and oxygen atoms in total. The standard InChI is InChI=1S/C15H19ClF2N4O/c1-15(9-19-8-11(17)18)3-5-22(6-4-15)13-12-10(2-7-23-12)20-14(16)21-13/h2,7,11,19H,3-6,8-9H2,1H3. The van der Waals surface area contributed by atoms with E-state index >= 15 is 0 Å². The second-order valence-electron chi connectivity index (χ2n) is 6.27. The van der Waals surface area contributed by atoms with Crippen molar-refractivity contribution in [1.82, 2.24) is 15.3 Å². The third-order valence-electron chi connectivity index (χ3n) is 4.38. The summed E-state index contributed by atoms with van der Waals surface area (Å²) in [6, 6.07) is 1.76. The number of hydrogen-bond acceptors (Lipinski definition) is 5. The second kappa shape index (κ2) is 6.57. The zero-order valence-corrected chi connectivity index (χ0v) is 13.6. The minimum Gasteiger partial charge on any atom is -0.459 e. The summed E-state index contributed by atoms with van der Waals surface area (Å²) in [6.45, 7) is 4.00. The van der Waals surface area contributed by atoms with Gasteiger partial charge in [-0.1, -0.05) is 6.92 Å². The molecule has 0 radical (unpaired) electrons. The van der Waals surface area contributed by atoms with E-state index in [4.69, 9.17) is 16.0 Å². The van der Waals surface area contributed by atoms with Crippen molar-refractivity contribution in [3.05, 3.63) is 17.6 Å². The summed E-state index contributed by atoms with van der Waals surface area (Å²) in [5.41, 5.74) is 1.32. The first-order valence-corrected chi connectivity index (χ1v) is 7.99. The van der Waals surface area contributed by atoms with Crippen LogP contribution >= 0.6 is 11.6 Å². The minimum absolute atomic E-state index is 0.00446. The number of hydrogen-bond donors (Lipinski definition) is 1. The summed E-state index contributed by atoms with van der Waals surface area (Å²) in [5, 5.41) is 3.05. The summed E-state index contributed by atoms with van der Waals surface area (Å²) in [5.74, 6) is 0.701. The average Bonchev–Trinajstić information content (AvgIpc) is 2.95. The van der Waals surface area contributed by atoms with Crippen LogP contribution in [0.1, 0.15) is 19.8 Å². The van der Waals surface area contributed by atoms with E-state index < -0.39 is 6.43 Å². The highest BCUT2D eigenvalue weighted by molar-refractivity contribution is 6.28. The topological polar surface area (TPSA) is 54.2 Å². The number of piperidine rings is 1. The number of halogens is 3. The SMILES string of the molecule is CC1(CNCC(F)F)CCN(c2nc(Cl)nc3ccoc23)CC1. The van der Waals surface area contributed by atoms with Crippen LogP contribution in [0.25, 0.3) is 11.1 Å². The van der Waals surface area contributed by atoms with Gasteiger partial charge in [0.25, 0.3) is 6.43 Å². The maximum atomic E-state index is 12.2. The van der Waals surface area contributed by atoms with Gasteiger partial charge >= 0.3 is 0 Å². The molecule has 1 aliphatic heterocycles. The van der Waals surface area contributed by atoms with E-state index in [0.717, 1.165) is 25.9 Å². The van der Waals surface area contributed by atoms with Gasteiger partial charge < -0.3 is 14.6 Å². The predicted molar refractivity (Wildman–Crippen MR) is 85.2 cm³/mol. The average molecular weight is 345 g/mol. The number of nitrogens with zero attached hydrogens (tertiary/aromatic N) is 3. The van der Waals surface area contributed by atoms with Crippen molar-refractivity contribution >= 4 is 28.5 Å². The quantitative estimate of drug-likeness (QED) is 0.843. The Bertz CT molecular complexity index is 671. The fourth-order valence-corrected chi connectivity index (χ4v) is 3.12. The lowest BCUT2D eigenvalue weighted by molar-refractivity contribution is 0.135. The molecule has 23 heavy (non-hydrogen) atoms. The van der Waals surface area contributed by atoms with Gasteiger partial charge in [-0.3, -0.25) is 0 Å². The molecule has 0 spiro atoms. The molecule has 0 bridgehead atoms. The first-order valence-electron chi connectivity index (χ1n) is 7.61. The van der Waals surface area contributed by atoms with E-state index in [-0.39, 0.29) is 17.2 Å². The Labute approximate surface area is 138 Å². The highest BCUT2D eigenvalue weighted by Crippen LogP contribution is 2.34. The molecule has 3 rings (SSSR count). The lowest BCUT2D eigenvalue weighted by Gasteiger charge is -2.40. The molecule has 1 aliphatic rings. The number of aromatic nitrogens is 2. The van der Waals surface area contributed by atoms with Crippen LogP contribution in [-0.2, 0) is 0 Å². The van der Waals surface area contributed by atoms with Gasteiger partial charge in [0.05, 0.1) is 12.8 Å². The Morgan fingerprint density at radius 3 is 2.83 bits per heavy atom. The highest BCUT2D eigenvalue weighted by atomic mass is 35.5. The van der Waals surface area contributed by atoms with Crippen molar-refractivity contribution in [1.29, 1.82) is 0 Å². The van der Waals surface area contributed by atoms with E-state index in [0.29, 0.717) is 23.5 Å². The van der Waals surface area contributed by atoms with Crippen molar-refractivity contribution in [3.63, 3.8) is 0 Å². The Morgan fingerprint density at radius 1 is 1.39 bits per heavy atom. The van der Waals surface area contributed by atoms with E-state index in [9.17, 15) is 8.78 Å². The van der Waals surface area contributed by atoms with Gasteiger partial charge in [-0.15, -0.1) is 0 Å². The third kappa shape index (κ3) is 3.72. The van der Waals surface area contributed by atoms with Crippen molar-refractivity contribution in [2.24, 2.45) is 5.41 Å². The van der Waals surface area contributed by atoms with Gasteiger partial charge in [0.15, 0.2) is 11.4 Å². The number of furan rings is 1. The molecule has 2 aromatic heterocycles. The molecule has 0 aliphatic carbocycles. The Balaban J connectivity index is 1.67. The third-order valence-corrected chi connectivity index (χ3v) is 4.55. The van der Waals surface area contributed by atoms with Crippen molar-refractivity contribution in [2.45, 2.75) is 26.2 Å². The lowest BCUT2D eigenvalue weighted by Crippen LogP contribution is -2.44. The molecule has 8 heteroatoms. The molecule has 3 heterocycles.